The molecular weight excluding hydrogens is 140 g/mol. The van der Waals surface area contributed by atoms with Crippen LogP contribution < -0.4 is 0 Å². The van der Waals surface area contributed by atoms with Crippen LogP contribution in [0.25, 0.3) is 0 Å². The summed E-state index contributed by atoms with van der Waals surface area (Å²) in [5.41, 5.74) is 0. The minimum atomic E-state index is -0.00171. The third-order valence-corrected chi connectivity index (χ3v) is 2.14. The molecule has 0 atom stereocenters. The SMILES string of the molecule is O=C(OC1=CCCC1)C1CC1. The molecule has 2 heteroatoms. The summed E-state index contributed by atoms with van der Waals surface area (Å²) >= 11 is 0. The summed E-state index contributed by atoms with van der Waals surface area (Å²) in [5.74, 6) is 1.14. The molecule has 0 bridgehead atoms. The highest BCUT2D eigenvalue weighted by molar-refractivity contribution is 5.75. The van der Waals surface area contributed by atoms with E-state index in [0.29, 0.717) is 0 Å². The molecule has 60 valence electrons. The van der Waals surface area contributed by atoms with Crippen LogP contribution >= 0.6 is 0 Å². The summed E-state index contributed by atoms with van der Waals surface area (Å²) in [6.45, 7) is 0. The van der Waals surface area contributed by atoms with Gasteiger partial charge in [0.15, 0.2) is 0 Å². The average molecular weight is 152 g/mol. The Kier molecular flexibility index (Phi) is 1.68. The highest BCUT2D eigenvalue weighted by Crippen LogP contribution is 2.32. The summed E-state index contributed by atoms with van der Waals surface area (Å²) in [6.07, 6.45) is 7.28. The van der Waals surface area contributed by atoms with Crippen LogP contribution in [-0.2, 0) is 9.53 Å². The molecule has 0 saturated heterocycles. The molecule has 0 heterocycles. The van der Waals surface area contributed by atoms with Crippen molar-refractivity contribution in [3.8, 4) is 0 Å². The van der Waals surface area contributed by atoms with E-state index in [2.05, 4.69) is 0 Å². The topological polar surface area (TPSA) is 26.3 Å². The molecule has 11 heavy (non-hydrogen) atoms. The number of rotatable bonds is 2. The number of ether oxygens (including phenoxy) is 1. The van der Waals surface area contributed by atoms with Crippen LogP contribution in [0.4, 0.5) is 0 Å². The normalized spacial score (nSPS) is 23.1. The van der Waals surface area contributed by atoms with Crippen molar-refractivity contribution in [3.05, 3.63) is 11.8 Å². The van der Waals surface area contributed by atoms with E-state index in [0.717, 1.165) is 37.9 Å². The fourth-order valence-corrected chi connectivity index (χ4v) is 1.27. The van der Waals surface area contributed by atoms with Crippen molar-refractivity contribution in [1.29, 1.82) is 0 Å². The van der Waals surface area contributed by atoms with E-state index in [-0.39, 0.29) is 11.9 Å². The first-order valence-electron chi connectivity index (χ1n) is 4.27. The minimum Gasteiger partial charge on any atom is -0.431 e. The molecule has 0 spiro atoms. The summed E-state index contributed by atoms with van der Waals surface area (Å²) in [6, 6.07) is 0. The Morgan fingerprint density at radius 1 is 1.55 bits per heavy atom. The van der Waals surface area contributed by atoms with E-state index in [1.165, 1.54) is 0 Å². The fraction of sp³-hybridized carbons (Fsp3) is 0.667. The Morgan fingerprint density at radius 3 is 2.91 bits per heavy atom. The van der Waals surface area contributed by atoms with E-state index in [1.807, 2.05) is 6.08 Å². The van der Waals surface area contributed by atoms with Crippen LogP contribution in [0.1, 0.15) is 32.1 Å². The number of hydrogen-bond acceptors (Lipinski definition) is 2. The molecule has 0 amide bonds. The number of allylic oxidation sites excluding steroid dienone is 2. The van der Waals surface area contributed by atoms with Crippen molar-refractivity contribution >= 4 is 5.97 Å². The first-order chi connectivity index (χ1) is 5.36. The summed E-state index contributed by atoms with van der Waals surface area (Å²) < 4.78 is 5.16. The predicted octanol–water partition coefficient (Wildman–Crippen LogP) is 2.01. The number of carbonyl (C=O) groups is 1. The van der Waals surface area contributed by atoms with Gasteiger partial charge in [0, 0.05) is 6.42 Å². The smallest absolute Gasteiger partial charge is 0.313 e. The van der Waals surface area contributed by atoms with Crippen LogP contribution in [-0.4, -0.2) is 5.97 Å². The van der Waals surface area contributed by atoms with Crippen molar-refractivity contribution in [1.82, 2.24) is 0 Å². The van der Waals surface area contributed by atoms with Gasteiger partial charge in [-0.1, -0.05) is 0 Å². The molecule has 0 aromatic rings. The second-order valence-electron chi connectivity index (χ2n) is 3.26. The van der Waals surface area contributed by atoms with Gasteiger partial charge in [-0.05, 0) is 31.8 Å². The van der Waals surface area contributed by atoms with Crippen molar-refractivity contribution in [2.45, 2.75) is 32.1 Å². The minimum absolute atomic E-state index is 0.00171. The molecule has 2 aliphatic rings. The number of esters is 1. The summed E-state index contributed by atoms with van der Waals surface area (Å²) in [5, 5.41) is 0. The third-order valence-electron chi connectivity index (χ3n) is 2.14. The molecule has 1 saturated carbocycles. The highest BCUT2D eigenvalue weighted by atomic mass is 16.5. The van der Waals surface area contributed by atoms with Crippen molar-refractivity contribution in [2.75, 3.05) is 0 Å². The molecule has 0 aliphatic heterocycles. The van der Waals surface area contributed by atoms with Gasteiger partial charge < -0.3 is 4.74 Å². The van der Waals surface area contributed by atoms with Crippen LogP contribution in [0.5, 0.6) is 0 Å². The molecule has 0 unspecified atom stereocenters. The molecule has 2 aliphatic carbocycles. The molecule has 0 N–H and O–H groups in total. The fourth-order valence-electron chi connectivity index (χ4n) is 1.27. The van der Waals surface area contributed by atoms with Crippen molar-refractivity contribution in [3.63, 3.8) is 0 Å². The van der Waals surface area contributed by atoms with E-state index in [1.54, 1.807) is 0 Å². The van der Waals surface area contributed by atoms with Gasteiger partial charge in [-0.2, -0.15) is 0 Å². The maximum atomic E-state index is 11.1. The standard InChI is InChI=1S/C9H12O2/c10-9(7-5-6-7)11-8-3-1-2-4-8/h3,7H,1-2,4-6H2. The van der Waals surface area contributed by atoms with Crippen molar-refractivity contribution < 1.29 is 9.53 Å². The van der Waals surface area contributed by atoms with Gasteiger partial charge in [-0.25, -0.2) is 0 Å². The van der Waals surface area contributed by atoms with Crippen LogP contribution in [0.3, 0.4) is 0 Å². The van der Waals surface area contributed by atoms with Gasteiger partial charge in [-0.3, -0.25) is 4.79 Å². The lowest BCUT2D eigenvalue weighted by molar-refractivity contribution is -0.141. The Labute approximate surface area is 66.2 Å². The van der Waals surface area contributed by atoms with Crippen LogP contribution in [0.15, 0.2) is 11.8 Å². The van der Waals surface area contributed by atoms with Gasteiger partial charge >= 0.3 is 5.97 Å². The van der Waals surface area contributed by atoms with E-state index in [9.17, 15) is 4.79 Å². The molecule has 0 aromatic heterocycles. The molecule has 2 nitrogen and oxygen atoms in total. The molecule has 2 rings (SSSR count). The van der Waals surface area contributed by atoms with Gasteiger partial charge in [0.2, 0.25) is 0 Å². The molecule has 0 aromatic carbocycles. The maximum Gasteiger partial charge on any atom is 0.313 e. The maximum absolute atomic E-state index is 11.1. The van der Waals surface area contributed by atoms with Gasteiger partial charge in [0.05, 0.1) is 5.92 Å². The lowest BCUT2D eigenvalue weighted by Gasteiger charge is -2.01. The predicted molar refractivity (Wildman–Crippen MR) is 40.8 cm³/mol. The monoisotopic (exact) mass is 152 g/mol. The Bertz CT molecular complexity index is 202. The van der Waals surface area contributed by atoms with Crippen molar-refractivity contribution in [2.24, 2.45) is 5.92 Å². The lowest BCUT2D eigenvalue weighted by Crippen LogP contribution is -2.04. The number of carbonyl (C=O) groups excluding carboxylic acids is 1. The third kappa shape index (κ3) is 1.62. The lowest BCUT2D eigenvalue weighted by atomic mass is 10.3. The Hall–Kier alpha value is -0.790. The largest absolute Gasteiger partial charge is 0.431 e. The second-order valence-corrected chi connectivity index (χ2v) is 3.26. The average Bonchev–Trinajstić information content (AvgIpc) is 2.73. The molecular formula is C9H12O2. The van der Waals surface area contributed by atoms with Gasteiger partial charge in [0.1, 0.15) is 5.76 Å². The van der Waals surface area contributed by atoms with Crippen LogP contribution in [0, 0.1) is 5.92 Å². The quantitative estimate of drug-likeness (QED) is 0.566. The van der Waals surface area contributed by atoms with E-state index in [4.69, 9.17) is 4.74 Å². The zero-order valence-corrected chi connectivity index (χ0v) is 6.51. The second kappa shape index (κ2) is 2.68. The molecule has 0 radical (unpaired) electrons. The first-order valence-corrected chi connectivity index (χ1v) is 4.27. The van der Waals surface area contributed by atoms with Crippen LogP contribution in [0.2, 0.25) is 0 Å². The van der Waals surface area contributed by atoms with Gasteiger partial charge in [-0.15, -0.1) is 0 Å². The zero-order valence-electron chi connectivity index (χ0n) is 6.51. The summed E-state index contributed by atoms with van der Waals surface area (Å²) in [7, 11) is 0. The Morgan fingerprint density at radius 2 is 2.36 bits per heavy atom. The van der Waals surface area contributed by atoms with Gasteiger partial charge in [0.25, 0.3) is 0 Å². The molecule has 1 fully saturated rings. The first kappa shape index (κ1) is 6.89. The summed E-state index contributed by atoms with van der Waals surface area (Å²) in [4.78, 5) is 11.1. The Balaban J connectivity index is 1.83. The zero-order chi connectivity index (χ0) is 7.68. The van der Waals surface area contributed by atoms with E-state index >= 15 is 0 Å². The number of hydrogen-bond donors (Lipinski definition) is 0. The van der Waals surface area contributed by atoms with E-state index < -0.39 is 0 Å². The highest BCUT2D eigenvalue weighted by Gasteiger charge is 2.32.